The summed E-state index contributed by atoms with van der Waals surface area (Å²) in [6, 6.07) is 0. The first-order valence-corrected chi connectivity index (χ1v) is 7.06. The van der Waals surface area contributed by atoms with E-state index in [1.807, 2.05) is 6.92 Å². The molecule has 108 valence electrons. The van der Waals surface area contributed by atoms with Crippen LogP contribution >= 0.6 is 0 Å². The lowest BCUT2D eigenvalue weighted by Gasteiger charge is -2.42. The third kappa shape index (κ3) is 5.85. The highest BCUT2D eigenvalue weighted by molar-refractivity contribution is 5.70. The zero-order valence-corrected chi connectivity index (χ0v) is 13.2. The molecular weight excluding hydrogens is 226 g/mol. The molecule has 0 saturated carbocycles. The van der Waals surface area contributed by atoms with Gasteiger partial charge in [-0.05, 0) is 45.7 Å². The number of hydrogen-bond acceptors (Lipinski definition) is 3. The Balaban J connectivity index is 4.99. The number of esters is 1. The number of rotatable bonds is 8. The van der Waals surface area contributed by atoms with E-state index >= 15 is 0 Å². The highest BCUT2D eigenvalue weighted by Gasteiger charge is 2.36. The molecule has 0 atom stereocenters. The van der Waals surface area contributed by atoms with Crippen molar-refractivity contribution in [3.05, 3.63) is 0 Å². The molecule has 0 spiro atoms. The van der Waals surface area contributed by atoms with Crippen molar-refractivity contribution >= 4 is 5.97 Å². The van der Waals surface area contributed by atoms with E-state index in [9.17, 15) is 4.79 Å². The van der Waals surface area contributed by atoms with Crippen LogP contribution < -0.4 is 0 Å². The second-order valence-electron chi connectivity index (χ2n) is 6.30. The summed E-state index contributed by atoms with van der Waals surface area (Å²) in [7, 11) is 4.15. The molecule has 0 aliphatic carbocycles. The molecule has 3 nitrogen and oxygen atoms in total. The summed E-state index contributed by atoms with van der Waals surface area (Å²) in [5.41, 5.74) is -0.0748. The minimum atomic E-state index is -0.0764. The first-order valence-electron chi connectivity index (χ1n) is 7.06. The average molecular weight is 257 g/mol. The predicted octanol–water partition coefficient (Wildman–Crippen LogP) is 3.33. The van der Waals surface area contributed by atoms with Crippen molar-refractivity contribution in [3.8, 4) is 0 Å². The Kier molecular flexibility index (Phi) is 7.53. The van der Waals surface area contributed by atoms with E-state index in [-0.39, 0.29) is 11.5 Å². The summed E-state index contributed by atoms with van der Waals surface area (Å²) in [5.74, 6) is 1.06. The molecule has 0 aromatic heterocycles. The fourth-order valence-corrected chi connectivity index (χ4v) is 2.75. The molecule has 0 aromatic carbocycles. The third-order valence-electron chi connectivity index (χ3n) is 3.30. The number of ether oxygens (including phenoxy) is 1. The molecule has 0 aliphatic heterocycles. The van der Waals surface area contributed by atoms with Crippen molar-refractivity contribution in [2.24, 2.45) is 11.8 Å². The molecule has 0 aliphatic rings. The smallest absolute Gasteiger partial charge is 0.307 e. The molecule has 0 bridgehead atoms. The van der Waals surface area contributed by atoms with Crippen LogP contribution in [0.3, 0.4) is 0 Å². The van der Waals surface area contributed by atoms with Crippen molar-refractivity contribution in [2.75, 3.05) is 20.7 Å². The maximum atomic E-state index is 11.9. The van der Waals surface area contributed by atoms with E-state index in [0.717, 1.165) is 12.8 Å². The lowest BCUT2D eigenvalue weighted by Crippen LogP contribution is -2.48. The first-order chi connectivity index (χ1) is 8.23. The predicted molar refractivity (Wildman–Crippen MR) is 76.6 cm³/mol. The monoisotopic (exact) mass is 257 g/mol. The molecule has 0 saturated heterocycles. The largest absolute Gasteiger partial charge is 0.466 e. The molecule has 0 radical (unpaired) electrons. The molecule has 3 heteroatoms. The second-order valence-corrected chi connectivity index (χ2v) is 6.30. The van der Waals surface area contributed by atoms with E-state index in [4.69, 9.17) is 4.74 Å². The normalized spacial score (nSPS) is 12.6. The van der Waals surface area contributed by atoms with E-state index in [0.29, 0.717) is 24.9 Å². The van der Waals surface area contributed by atoms with Crippen molar-refractivity contribution < 1.29 is 9.53 Å². The maximum Gasteiger partial charge on any atom is 0.307 e. The number of nitrogens with zero attached hydrogens (tertiary/aromatic N) is 1. The third-order valence-corrected chi connectivity index (χ3v) is 3.30. The van der Waals surface area contributed by atoms with Gasteiger partial charge < -0.3 is 9.64 Å². The quantitative estimate of drug-likeness (QED) is 0.625. The zero-order chi connectivity index (χ0) is 14.3. The lowest BCUT2D eigenvalue weighted by molar-refractivity contribution is -0.147. The van der Waals surface area contributed by atoms with Gasteiger partial charge in [0.25, 0.3) is 0 Å². The van der Waals surface area contributed by atoms with Crippen molar-refractivity contribution in [2.45, 2.75) is 59.4 Å². The average Bonchev–Trinajstić information content (AvgIpc) is 2.14. The molecule has 0 fully saturated rings. The standard InChI is InChI=1S/C15H31NO2/c1-8-18-14(17)11-15(16(6)7,9-12(2)3)10-13(4)5/h12-13H,8-11H2,1-7H3. The Morgan fingerprint density at radius 2 is 1.56 bits per heavy atom. The topological polar surface area (TPSA) is 29.5 Å². The Hall–Kier alpha value is -0.570. The van der Waals surface area contributed by atoms with Gasteiger partial charge in [0.1, 0.15) is 0 Å². The summed E-state index contributed by atoms with van der Waals surface area (Å²) < 4.78 is 5.15. The number of carbonyl (C=O) groups excluding carboxylic acids is 1. The van der Waals surface area contributed by atoms with Gasteiger partial charge in [0.05, 0.1) is 13.0 Å². The van der Waals surface area contributed by atoms with Crippen molar-refractivity contribution in [3.63, 3.8) is 0 Å². The van der Waals surface area contributed by atoms with Crippen LogP contribution in [0.25, 0.3) is 0 Å². The van der Waals surface area contributed by atoms with Gasteiger partial charge >= 0.3 is 5.97 Å². The van der Waals surface area contributed by atoms with Crippen LogP contribution in [0.15, 0.2) is 0 Å². The minimum Gasteiger partial charge on any atom is -0.466 e. The Morgan fingerprint density at radius 1 is 1.11 bits per heavy atom. The summed E-state index contributed by atoms with van der Waals surface area (Å²) in [5, 5.41) is 0. The zero-order valence-electron chi connectivity index (χ0n) is 13.2. The summed E-state index contributed by atoms with van der Waals surface area (Å²) >= 11 is 0. The minimum absolute atomic E-state index is 0.0748. The van der Waals surface area contributed by atoms with Crippen LogP contribution in [0.1, 0.15) is 53.9 Å². The molecule has 0 rings (SSSR count). The van der Waals surface area contributed by atoms with Gasteiger partial charge in [-0.15, -0.1) is 0 Å². The highest BCUT2D eigenvalue weighted by atomic mass is 16.5. The molecule has 0 amide bonds. The molecule has 0 unspecified atom stereocenters. The first kappa shape index (κ1) is 17.4. The summed E-state index contributed by atoms with van der Waals surface area (Å²) in [6.07, 6.45) is 2.54. The Morgan fingerprint density at radius 3 is 1.83 bits per heavy atom. The van der Waals surface area contributed by atoms with Crippen LogP contribution in [-0.2, 0) is 9.53 Å². The summed E-state index contributed by atoms with van der Waals surface area (Å²) in [4.78, 5) is 14.1. The highest BCUT2D eigenvalue weighted by Crippen LogP contribution is 2.33. The fourth-order valence-electron chi connectivity index (χ4n) is 2.75. The second kappa shape index (κ2) is 7.78. The van der Waals surface area contributed by atoms with E-state index in [1.165, 1.54) is 0 Å². The summed E-state index contributed by atoms with van der Waals surface area (Å²) in [6.45, 7) is 11.2. The van der Waals surface area contributed by atoms with Crippen molar-refractivity contribution in [1.82, 2.24) is 4.90 Å². The molecular formula is C15H31NO2. The van der Waals surface area contributed by atoms with Gasteiger partial charge in [0.2, 0.25) is 0 Å². The molecule has 0 N–H and O–H groups in total. The SMILES string of the molecule is CCOC(=O)CC(CC(C)C)(CC(C)C)N(C)C. The maximum absolute atomic E-state index is 11.9. The Bertz CT molecular complexity index is 237. The van der Waals surface area contributed by atoms with Crippen LogP contribution in [0.4, 0.5) is 0 Å². The van der Waals surface area contributed by atoms with Crippen LogP contribution in [0, 0.1) is 11.8 Å². The molecule has 0 aromatic rings. The van der Waals surface area contributed by atoms with Gasteiger partial charge in [-0.1, -0.05) is 27.7 Å². The number of hydrogen-bond donors (Lipinski definition) is 0. The van der Waals surface area contributed by atoms with Gasteiger partial charge in [-0.3, -0.25) is 4.79 Å². The van der Waals surface area contributed by atoms with Gasteiger partial charge in [0, 0.05) is 5.54 Å². The van der Waals surface area contributed by atoms with E-state index < -0.39 is 0 Å². The fraction of sp³-hybridized carbons (Fsp3) is 0.933. The van der Waals surface area contributed by atoms with E-state index in [1.54, 1.807) is 0 Å². The lowest BCUT2D eigenvalue weighted by atomic mass is 9.78. The van der Waals surface area contributed by atoms with Crippen molar-refractivity contribution in [1.29, 1.82) is 0 Å². The number of carbonyl (C=O) groups is 1. The van der Waals surface area contributed by atoms with Gasteiger partial charge in [-0.2, -0.15) is 0 Å². The molecule has 0 heterocycles. The van der Waals surface area contributed by atoms with Gasteiger partial charge in [-0.25, -0.2) is 0 Å². The Labute approximate surface area is 113 Å². The molecule has 18 heavy (non-hydrogen) atoms. The van der Waals surface area contributed by atoms with Gasteiger partial charge in [0.15, 0.2) is 0 Å². The van der Waals surface area contributed by atoms with E-state index in [2.05, 4.69) is 46.7 Å². The van der Waals surface area contributed by atoms with Crippen LogP contribution in [0.2, 0.25) is 0 Å². The van der Waals surface area contributed by atoms with Crippen LogP contribution in [0.5, 0.6) is 0 Å². The van der Waals surface area contributed by atoms with Crippen LogP contribution in [-0.4, -0.2) is 37.1 Å².